The van der Waals surface area contributed by atoms with E-state index >= 15 is 0 Å². The van der Waals surface area contributed by atoms with Gasteiger partial charge in [-0.3, -0.25) is 0 Å². The third-order valence-corrected chi connectivity index (χ3v) is 2.20. The van der Waals surface area contributed by atoms with Gasteiger partial charge in [0.1, 0.15) is 5.82 Å². The fourth-order valence-electron chi connectivity index (χ4n) is 0.880. The van der Waals surface area contributed by atoms with Crippen LogP contribution in [0.5, 0.6) is 0 Å². The molecule has 0 fully saturated rings. The lowest BCUT2D eigenvalue weighted by atomic mass is 10.2. The lowest BCUT2D eigenvalue weighted by Crippen LogP contribution is -2.05. The van der Waals surface area contributed by atoms with Crippen molar-refractivity contribution < 1.29 is 22.7 Å². The Morgan fingerprint density at radius 2 is 2.21 bits per heavy atom. The molecule has 1 N–H and O–H groups in total. The first kappa shape index (κ1) is 10.8. The molecule has 0 bridgehead atoms. The number of hydrogen-bond acceptors (Lipinski definition) is 3. The zero-order valence-corrected chi connectivity index (χ0v) is 8.01. The van der Waals surface area contributed by atoms with E-state index in [-0.39, 0.29) is 10.5 Å². The van der Waals surface area contributed by atoms with Gasteiger partial charge in [0.15, 0.2) is 11.1 Å². The summed E-state index contributed by atoms with van der Waals surface area (Å²) in [5.74, 6) is -1.70. The van der Waals surface area contributed by atoms with Gasteiger partial charge in [-0.25, -0.2) is 13.4 Å². The Balaban J connectivity index is 3.14. The molecule has 4 nitrogen and oxygen atoms in total. The van der Waals surface area contributed by atoms with Gasteiger partial charge in [-0.15, -0.1) is 0 Å². The summed E-state index contributed by atoms with van der Waals surface area (Å²) in [6.45, 7) is 0. The van der Waals surface area contributed by atoms with E-state index in [1.807, 2.05) is 0 Å². The summed E-state index contributed by atoms with van der Waals surface area (Å²) in [7, 11) is 1.12. The molecular formula is C8H7FO4S. The molecule has 1 aromatic carbocycles. The van der Waals surface area contributed by atoms with Gasteiger partial charge in [0.25, 0.3) is 0 Å². The lowest BCUT2D eigenvalue weighted by Gasteiger charge is -2.01. The number of hydrogen-bond donors (Lipinski definition) is 1. The first-order valence-corrected chi connectivity index (χ1v) is 4.65. The van der Waals surface area contributed by atoms with Gasteiger partial charge in [0, 0.05) is 0 Å². The van der Waals surface area contributed by atoms with Crippen LogP contribution >= 0.6 is 0 Å². The zero-order valence-electron chi connectivity index (χ0n) is 7.19. The van der Waals surface area contributed by atoms with E-state index in [1.165, 1.54) is 6.07 Å². The molecule has 0 saturated carbocycles. The number of halogens is 1. The number of esters is 1. The number of methoxy groups -OCH3 is 1. The highest BCUT2D eigenvalue weighted by Crippen LogP contribution is 2.13. The lowest BCUT2D eigenvalue weighted by molar-refractivity contribution is 0.0595. The molecule has 0 aliphatic carbocycles. The van der Waals surface area contributed by atoms with Crippen LogP contribution in [0.25, 0.3) is 0 Å². The van der Waals surface area contributed by atoms with Crippen LogP contribution in [-0.2, 0) is 15.8 Å². The maximum atomic E-state index is 13.1. The molecule has 1 aromatic rings. The van der Waals surface area contributed by atoms with Crippen molar-refractivity contribution in [3.63, 3.8) is 0 Å². The third kappa shape index (κ3) is 2.15. The summed E-state index contributed by atoms with van der Waals surface area (Å²) in [4.78, 5) is 10.8. The highest BCUT2D eigenvalue weighted by Gasteiger charge is 2.13. The SMILES string of the molecule is COC(=O)c1ccc(S(=O)O)cc1F. The van der Waals surface area contributed by atoms with Gasteiger partial charge in [-0.05, 0) is 18.2 Å². The predicted octanol–water partition coefficient (Wildman–Crippen LogP) is 1.19. The van der Waals surface area contributed by atoms with E-state index in [2.05, 4.69) is 4.74 Å². The minimum Gasteiger partial charge on any atom is -0.465 e. The molecule has 0 spiro atoms. The van der Waals surface area contributed by atoms with Crippen molar-refractivity contribution in [2.75, 3.05) is 7.11 Å². The molecule has 1 rings (SSSR count). The second-order valence-electron chi connectivity index (χ2n) is 2.38. The molecular weight excluding hydrogens is 211 g/mol. The zero-order chi connectivity index (χ0) is 10.7. The Labute approximate surface area is 82.0 Å². The first-order chi connectivity index (χ1) is 6.56. The fraction of sp³-hybridized carbons (Fsp3) is 0.125. The second kappa shape index (κ2) is 4.30. The predicted molar refractivity (Wildman–Crippen MR) is 46.8 cm³/mol. The van der Waals surface area contributed by atoms with Crippen molar-refractivity contribution in [1.29, 1.82) is 0 Å². The van der Waals surface area contributed by atoms with E-state index in [1.54, 1.807) is 0 Å². The standard InChI is InChI=1S/C8H7FO4S/c1-13-8(10)6-3-2-5(14(11)12)4-7(6)9/h2-4H,1H3,(H,11,12). The summed E-state index contributed by atoms with van der Waals surface area (Å²) in [5, 5.41) is 0. The van der Waals surface area contributed by atoms with Crippen molar-refractivity contribution in [2.45, 2.75) is 4.90 Å². The van der Waals surface area contributed by atoms with Gasteiger partial charge in [-0.2, -0.15) is 0 Å². The van der Waals surface area contributed by atoms with Gasteiger partial charge in [0.05, 0.1) is 17.6 Å². The Morgan fingerprint density at radius 3 is 2.64 bits per heavy atom. The van der Waals surface area contributed by atoms with Crippen LogP contribution in [0.3, 0.4) is 0 Å². The number of benzene rings is 1. The van der Waals surface area contributed by atoms with E-state index < -0.39 is 22.9 Å². The molecule has 14 heavy (non-hydrogen) atoms. The molecule has 0 heterocycles. The molecule has 1 atom stereocenters. The topological polar surface area (TPSA) is 63.6 Å². The minimum atomic E-state index is -2.25. The van der Waals surface area contributed by atoms with Crippen LogP contribution in [0.1, 0.15) is 10.4 Å². The van der Waals surface area contributed by atoms with Crippen molar-refractivity contribution in [3.05, 3.63) is 29.6 Å². The van der Waals surface area contributed by atoms with Crippen LogP contribution in [0, 0.1) is 5.82 Å². The van der Waals surface area contributed by atoms with Crippen LogP contribution in [-0.4, -0.2) is 21.8 Å². The van der Waals surface area contributed by atoms with Crippen LogP contribution in [0.4, 0.5) is 4.39 Å². The molecule has 0 radical (unpaired) electrons. The van der Waals surface area contributed by atoms with Crippen LogP contribution in [0.2, 0.25) is 0 Å². The summed E-state index contributed by atoms with van der Waals surface area (Å²) >= 11 is -2.25. The fourth-order valence-corrected chi connectivity index (χ4v) is 1.27. The van der Waals surface area contributed by atoms with E-state index in [9.17, 15) is 13.4 Å². The largest absolute Gasteiger partial charge is 0.465 e. The van der Waals surface area contributed by atoms with Crippen LogP contribution in [0.15, 0.2) is 23.1 Å². The number of carbonyl (C=O) groups excluding carboxylic acids is 1. The average Bonchev–Trinajstić information content (AvgIpc) is 2.16. The molecule has 1 unspecified atom stereocenters. The summed E-state index contributed by atoms with van der Waals surface area (Å²) < 4.78 is 36.6. The summed E-state index contributed by atoms with van der Waals surface area (Å²) in [6.07, 6.45) is 0. The first-order valence-electron chi connectivity index (χ1n) is 3.55. The highest BCUT2D eigenvalue weighted by atomic mass is 32.2. The Morgan fingerprint density at radius 1 is 1.57 bits per heavy atom. The van der Waals surface area contributed by atoms with Gasteiger partial charge in [-0.1, -0.05) is 0 Å². The maximum Gasteiger partial charge on any atom is 0.340 e. The highest BCUT2D eigenvalue weighted by molar-refractivity contribution is 7.79. The molecule has 76 valence electrons. The van der Waals surface area contributed by atoms with Gasteiger partial charge in [0.2, 0.25) is 0 Å². The van der Waals surface area contributed by atoms with Crippen molar-refractivity contribution >= 4 is 17.0 Å². The Kier molecular flexibility index (Phi) is 3.32. The summed E-state index contributed by atoms with van der Waals surface area (Å²) in [5.41, 5.74) is -0.262. The van der Waals surface area contributed by atoms with Crippen molar-refractivity contribution in [2.24, 2.45) is 0 Å². The number of rotatable bonds is 2. The maximum absolute atomic E-state index is 13.1. The monoisotopic (exact) mass is 218 g/mol. The molecule has 0 aliphatic rings. The smallest absolute Gasteiger partial charge is 0.340 e. The van der Waals surface area contributed by atoms with Crippen molar-refractivity contribution in [1.82, 2.24) is 0 Å². The third-order valence-electron chi connectivity index (χ3n) is 1.55. The molecule has 0 amide bonds. The molecule has 6 heteroatoms. The van der Waals surface area contributed by atoms with E-state index in [0.29, 0.717) is 0 Å². The van der Waals surface area contributed by atoms with E-state index in [4.69, 9.17) is 4.55 Å². The minimum absolute atomic E-state index is 0.102. The Bertz CT molecular complexity index is 391. The normalized spacial score (nSPS) is 12.2. The quantitative estimate of drug-likeness (QED) is 0.598. The molecule has 0 aromatic heterocycles. The Hall–Kier alpha value is -1.27. The second-order valence-corrected chi connectivity index (χ2v) is 3.35. The average molecular weight is 218 g/mol. The summed E-state index contributed by atoms with van der Waals surface area (Å²) in [6, 6.07) is 3.11. The number of ether oxygens (including phenoxy) is 1. The number of carbonyl (C=O) groups is 1. The molecule has 0 saturated heterocycles. The van der Waals surface area contributed by atoms with Gasteiger partial charge < -0.3 is 9.29 Å². The van der Waals surface area contributed by atoms with Crippen LogP contribution < -0.4 is 0 Å². The molecule has 0 aliphatic heterocycles. The van der Waals surface area contributed by atoms with Crippen molar-refractivity contribution in [3.8, 4) is 0 Å². The van der Waals surface area contributed by atoms with E-state index in [0.717, 1.165) is 19.2 Å². The van der Waals surface area contributed by atoms with Gasteiger partial charge >= 0.3 is 5.97 Å².